The number of thiazole rings is 1. The quantitative estimate of drug-likeness (QED) is 0.340. The number of hydrogen-bond donors (Lipinski definition) is 2. The molecule has 2 N–H and O–H groups in total. The molecular weight excluding hydrogens is 514 g/mol. The van der Waals surface area contributed by atoms with Crippen molar-refractivity contribution in [1.82, 2.24) is 10.3 Å². The first-order valence-electron chi connectivity index (χ1n) is 5.31. The van der Waals surface area contributed by atoms with Gasteiger partial charge in [0.2, 0.25) is 0 Å². The molecule has 0 radical (unpaired) electrons. The van der Waals surface area contributed by atoms with Gasteiger partial charge in [-0.15, -0.1) is 23.7 Å². The molecule has 1 unspecified atom stereocenters. The number of alkyl halides is 3. The molecule has 0 bridgehead atoms. The molecule has 1 aromatic heterocycles. The molecule has 1 amide bonds. The summed E-state index contributed by atoms with van der Waals surface area (Å²) in [6, 6.07) is -1.09. The Balaban J connectivity index is 0. The largest absolute Gasteiger partial charge is 1.00 e. The van der Waals surface area contributed by atoms with E-state index < -0.39 is 37.1 Å². The third-order valence-electron chi connectivity index (χ3n) is 2.30. The van der Waals surface area contributed by atoms with Crippen LogP contribution in [0.2, 0.25) is 0 Å². The number of carbonyl (C=O) groups excluding carboxylic acids is 1. The number of carbonyl (C=O) groups is 1. The van der Waals surface area contributed by atoms with Gasteiger partial charge in [0, 0.05) is 18.0 Å². The van der Waals surface area contributed by atoms with Gasteiger partial charge in [0.05, 0.1) is 11.9 Å². The summed E-state index contributed by atoms with van der Waals surface area (Å²) in [7, 11) is 0. The summed E-state index contributed by atoms with van der Waals surface area (Å²) in [6.45, 7) is 3.09. The SMILES string of the molecule is C=[C-]C(=O)N[C@@H](CCC(F)(F)F)C(O)c1nccs1.Cl.[Au+]. The molecule has 0 aromatic carbocycles. The predicted molar refractivity (Wildman–Crippen MR) is 70.4 cm³/mol. The van der Waals surface area contributed by atoms with Crippen LogP contribution in [0.25, 0.3) is 0 Å². The molecule has 0 aliphatic carbocycles. The van der Waals surface area contributed by atoms with Crippen LogP contribution in [0.4, 0.5) is 13.2 Å². The van der Waals surface area contributed by atoms with E-state index >= 15 is 0 Å². The molecule has 10 heteroatoms. The maximum absolute atomic E-state index is 12.2. The Kier molecular flexibility index (Phi) is 11.3. The first-order valence-corrected chi connectivity index (χ1v) is 6.19. The number of nitrogens with zero attached hydrogens (tertiary/aromatic N) is 1. The molecule has 0 saturated carbocycles. The molecule has 0 spiro atoms. The van der Waals surface area contributed by atoms with Crippen LogP contribution in [0.15, 0.2) is 18.2 Å². The fraction of sp³-hybridized carbons (Fsp3) is 0.455. The van der Waals surface area contributed by atoms with Crippen molar-refractivity contribution in [3.8, 4) is 0 Å². The van der Waals surface area contributed by atoms with E-state index in [1.807, 2.05) is 6.08 Å². The zero-order chi connectivity index (χ0) is 14.5. The van der Waals surface area contributed by atoms with Gasteiger partial charge in [-0.25, -0.2) is 4.98 Å². The van der Waals surface area contributed by atoms with Crippen LogP contribution in [0.3, 0.4) is 0 Å². The smallest absolute Gasteiger partial charge is 0.412 e. The summed E-state index contributed by atoms with van der Waals surface area (Å²) in [5, 5.41) is 14.0. The number of amides is 1. The number of halogens is 4. The average Bonchev–Trinajstić information content (AvgIpc) is 2.85. The van der Waals surface area contributed by atoms with E-state index in [0.29, 0.717) is 0 Å². The number of aromatic nitrogens is 1. The number of hydrogen-bond acceptors (Lipinski definition) is 4. The van der Waals surface area contributed by atoms with Gasteiger partial charge in [-0.2, -0.15) is 13.2 Å². The Morgan fingerprint density at radius 3 is 2.62 bits per heavy atom. The molecule has 0 fully saturated rings. The van der Waals surface area contributed by atoms with Gasteiger partial charge in [-0.1, -0.05) is 0 Å². The third-order valence-corrected chi connectivity index (χ3v) is 3.15. The van der Waals surface area contributed by atoms with E-state index in [-0.39, 0.29) is 39.8 Å². The second kappa shape index (κ2) is 10.4. The summed E-state index contributed by atoms with van der Waals surface area (Å²) in [5.74, 6) is -0.761. The summed E-state index contributed by atoms with van der Waals surface area (Å²) < 4.78 is 36.6. The van der Waals surface area contributed by atoms with Gasteiger partial charge in [0.1, 0.15) is 11.1 Å². The third kappa shape index (κ3) is 8.60. The van der Waals surface area contributed by atoms with Crippen LogP contribution in [0.1, 0.15) is 24.0 Å². The summed E-state index contributed by atoms with van der Waals surface area (Å²) in [4.78, 5) is 14.9. The van der Waals surface area contributed by atoms with Crippen LogP contribution in [0, 0.1) is 6.08 Å². The van der Waals surface area contributed by atoms with Gasteiger partial charge in [0.25, 0.3) is 0 Å². The first kappa shape index (κ1) is 22.9. The predicted octanol–water partition coefficient (Wildman–Crippen LogP) is 2.41. The van der Waals surface area contributed by atoms with E-state index in [1.165, 1.54) is 6.20 Å². The molecule has 21 heavy (non-hydrogen) atoms. The molecule has 0 saturated heterocycles. The van der Waals surface area contributed by atoms with Crippen molar-refractivity contribution >= 4 is 29.7 Å². The maximum Gasteiger partial charge on any atom is 1.00 e. The van der Waals surface area contributed by atoms with E-state index in [2.05, 4.69) is 16.9 Å². The standard InChI is InChI=1S/C11H12F3N2O2S.Au.ClH/c1-2-8(17)16-7(3-4-11(12,13)14)9(18)10-15-5-6-19-10;;/h5-7,9,18H,1,3-4H2,(H,16,17);;1H/q-1;+1;/t7-,9?;;/m0../s1. The fourth-order valence-corrected chi connectivity index (χ4v) is 2.09. The average molecular weight is 527 g/mol. The second-order valence-corrected chi connectivity index (χ2v) is 4.65. The molecule has 1 aromatic rings. The van der Waals surface area contributed by atoms with Crippen LogP contribution in [-0.2, 0) is 27.2 Å². The van der Waals surface area contributed by atoms with Gasteiger partial charge >= 0.3 is 28.6 Å². The molecule has 124 valence electrons. The van der Waals surface area contributed by atoms with Gasteiger partial charge in [-0.05, 0) is 6.42 Å². The Labute approximate surface area is 145 Å². The Bertz CT molecular complexity index is 432. The van der Waals surface area contributed by atoms with Gasteiger partial charge in [0.15, 0.2) is 0 Å². The van der Waals surface area contributed by atoms with E-state index in [9.17, 15) is 23.1 Å². The summed E-state index contributed by atoms with van der Waals surface area (Å²) in [5.41, 5.74) is 0. The van der Waals surface area contributed by atoms with Crippen molar-refractivity contribution in [2.24, 2.45) is 0 Å². The molecule has 1 heterocycles. The first-order chi connectivity index (χ1) is 8.83. The summed E-state index contributed by atoms with van der Waals surface area (Å²) >= 11 is 1.10. The van der Waals surface area contributed by atoms with Crippen LogP contribution in [0.5, 0.6) is 0 Å². The molecule has 4 nitrogen and oxygen atoms in total. The zero-order valence-corrected chi connectivity index (χ0v) is 14.3. The molecule has 1 rings (SSSR count). The van der Waals surface area contributed by atoms with Crippen molar-refractivity contribution in [2.45, 2.75) is 31.2 Å². The number of rotatable bonds is 6. The van der Waals surface area contributed by atoms with Crippen LogP contribution in [-0.4, -0.2) is 28.2 Å². The van der Waals surface area contributed by atoms with E-state index in [1.54, 1.807) is 5.38 Å². The maximum atomic E-state index is 12.2. The van der Waals surface area contributed by atoms with Gasteiger partial charge < -0.3 is 21.3 Å². The molecule has 0 aliphatic rings. The minimum atomic E-state index is -4.36. The van der Waals surface area contributed by atoms with Crippen molar-refractivity contribution in [1.29, 1.82) is 0 Å². The monoisotopic (exact) mass is 526 g/mol. The van der Waals surface area contributed by atoms with Crippen LogP contribution >= 0.6 is 23.7 Å². The molecule has 2 atom stereocenters. The van der Waals surface area contributed by atoms with E-state index in [0.717, 1.165) is 11.3 Å². The summed E-state index contributed by atoms with van der Waals surface area (Å²) in [6.07, 6.45) is -3.80. The Hall–Kier alpha value is -0.380. The van der Waals surface area contributed by atoms with E-state index in [4.69, 9.17) is 0 Å². The Morgan fingerprint density at radius 1 is 1.57 bits per heavy atom. The zero-order valence-electron chi connectivity index (χ0n) is 10.5. The normalized spacial score (nSPS) is 13.3. The number of aliphatic hydroxyl groups is 1. The van der Waals surface area contributed by atoms with Crippen molar-refractivity contribution in [3.05, 3.63) is 29.2 Å². The molecule has 0 aliphatic heterocycles. The second-order valence-electron chi connectivity index (χ2n) is 3.73. The van der Waals surface area contributed by atoms with Crippen molar-refractivity contribution in [2.75, 3.05) is 0 Å². The minimum absolute atomic E-state index is 0. The van der Waals surface area contributed by atoms with Crippen molar-refractivity contribution < 1.29 is 45.5 Å². The van der Waals surface area contributed by atoms with Crippen molar-refractivity contribution in [3.63, 3.8) is 0 Å². The fourth-order valence-electron chi connectivity index (χ4n) is 1.40. The number of nitrogens with one attached hydrogen (secondary N) is 1. The molecular formula is C11H13AuClF3N2O2S. The topological polar surface area (TPSA) is 62.2 Å². The number of aliphatic hydroxyl groups excluding tert-OH is 1. The van der Waals surface area contributed by atoms with Crippen LogP contribution < -0.4 is 5.32 Å². The Morgan fingerprint density at radius 2 is 2.19 bits per heavy atom. The van der Waals surface area contributed by atoms with Gasteiger partial charge in [-0.3, -0.25) is 6.58 Å². The minimum Gasteiger partial charge on any atom is -0.412 e.